The van der Waals surface area contributed by atoms with Crippen LogP contribution in [0.25, 0.3) is 0 Å². The molecule has 0 spiro atoms. The van der Waals surface area contributed by atoms with E-state index in [0.29, 0.717) is 37.7 Å². The highest BCUT2D eigenvalue weighted by molar-refractivity contribution is 4.90. The molecular weight excluding hydrogens is 295 g/mol. The van der Waals surface area contributed by atoms with E-state index in [1.165, 1.54) is 0 Å². The maximum Gasteiger partial charge on any atom is 0.126 e. The Morgan fingerprint density at radius 3 is 2.22 bits per heavy atom. The van der Waals surface area contributed by atoms with Gasteiger partial charge < -0.3 is 14.8 Å². The second-order valence-electron chi connectivity index (χ2n) is 6.96. The summed E-state index contributed by atoms with van der Waals surface area (Å²) in [5.74, 6) is 0. The van der Waals surface area contributed by atoms with E-state index in [4.69, 9.17) is 9.47 Å². The summed E-state index contributed by atoms with van der Waals surface area (Å²) in [6.07, 6.45) is 6.64. The molecule has 0 radical (unpaired) electrons. The van der Waals surface area contributed by atoms with Crippen molar-refractivity contribution in [2.24, 2.45) is 0 Å². The fourth-order valence-electron chi connectivity index (χ4n) is 3.73. The summed E-state index contributed by atoms with van der Waals surface area (Å²) in [4.78, 5) is 2.30. The Morgan fingerprint density at radius 1 is 1.04 bits per heavy atom. The van der Waals surface area contributed by atoms with Crippen molar-refractivity contribution in [1.82, 2.24) is 10.2 Å². The van der Waals surface area contributed by atoms with Crippen molar-refractivity contribution in [2.45, 2.75) is 76.4 Å². The smallest absolute Gasteiger partial charge is 0.126 e. The van der Waals surface area contributed by atoms with E-state index in [-0.39, 0.29) is 0 Å². The van der Waals surface area contributed by atoms with Crippen LogP contribution in [0.3, 0.4) is 0 Å². The minimum atomic E-state index is -0.974. The lowest BCUT2D eigenvalue weighted by Crippen LogP contribution is -2.50. The molecule has 1 aliphatic carbocycles. The number of halogens is 1. The number of hydrogen-bond acceptors (Lipinski definition) is 4. The third-order valence-electron chi connectivity index (χ3n) is 5.31. The Labute approximate surface area is 141 Å². The van der Waals surface area contributed by atoms with Gasteiger partial charge in [-0.15, -0.1) is 0 Å². The number of nitrogens with zero attached hydrogens (tertiary/aromatic N) is 1. The van der Waals surface area contributed by atoms with Crippen molar-refractivity contribution < 1.29 is 13.9 Å². The summed E-state index contributed by atoms with van der Waals surface area (Å²) < 4.78 is 26.1. The largest absolute Gasteiger partial charge is 0.381 e. The van der Waals surface area contributed by atoms with Gasteiger partial charge in [-0.1, -0.05) is 13.8 Å². The molecule has 136 valence electrons. The number of methoxy groups -OCH3 is 1. The molecule has 0 atom stereocenters. The lowest BCUT2D eigenvalue weighted by Gasteiger charge is -2.41. The SMILES string of the molecule is CC.COC1CC(OC2CCN(CC3(F)CCNCC3)CC2)C1. The zero-order chi connectivity index (χ0) is 16.7. The first-order chi connectivity index (χ1) is 11.2. The van der Waals surface area contributed by atoms with Crippen molar-refractivity contribution >= 4 is 0 Å². The molecule has 4 nitrogen and oxygen atoms in total. The Balaban J connectivity index is 0.000000924. The van der Waals surface area contributed by atoms with E-state index in [0.717, 1.165) is 51.9 Å². The highest BCUT2D eigenvalue weighted by Gasteiger charge is 2.36. The molecule has 3 aliphatic rings. The van der Waals surface area contributed by atoms with E-state index in [1.54, 1.807) is 7.11 Å². The third kappa shape index (κ3) is 5.66. The fourth-order valence-corrected chi connectivity index (χ4v) is 3.73. The monoisotopic (exact) mass is 330 g/mol. The second-order valence-corrected chi connectivity index (χ2v) is 6.96. The topological polar surface area (TPSA) is 33.7 Å². The fraction of sp³-hybridized carbons (Fsp3) is 1.00. The van der Waals surface area contributed by atoms with Gasteiger partial charge in [-0.3, -0.25) is 4.90 Å². The van der Waals surface area contributed by atoms with Crippen molar-refractivity contribution in [3.05, 3.63) is 0 Å². The number of ether oxygens (including phenoxy) is 2. The highest BCUT2D eigenvalue weighted by Crippen LogP contribution is 2.30. The first kappa shape index (κ1) is 19.1. The number of piperidine rings is 2. The summed E-state index contributed by atoms with van der Waals surface area (Å²) in [6, 6.07) is 0. The van der Waals surface area contributed by atoms with Crippen molar-refractivity contribution in [3.8, 4) is 0 Å². The van der Waals surface area contributed by atoms with Crippen LogP contribution < -0.4 is 5.32 Å². The van der Waals surface area contributed by atoms with Crippen LogP contribution in [0.5, 0.6) is 0 Å². The summed E-state index contributed by atoms with van der Waals surface area (Å²) in [5, 5.41) is 3.24. The zero-order valence-electron chi connectivity index (χ0n) is 15.2. The molecule has 0 aromatic carbocycles. The van der Waals surface area contributed by atoms with Gasteiger partial charge in [-0.2, -0.15) is 0 Å². The molecule has 2 aliphatic heterocycles. The van der Waals surface area contributed by atoms with E-state index in [1.807, 2.05) is 13.8 Å². The van der Waals surface area contributed by atoms with Crippen LogP contribution in [0.15, 0.2) is 0 Å². The predicted octanol–water partition coefficient (Wildman–Crippen LogP) is 2.76. The normalized spacial score (nSPS) is 31.8. The molecule has 0 aromatic heterocycles. The molecular formula is C18H35FN2O2. The molecule has 1 saturated carbocycles. The maximum atomic E-state index is 14.7. The van der Waals surface area contributed by atoms with Crippen LogP contribution in [0, 0.1) is 0 Å². The summed E-state index contributed by atoms with van der Waals surface area (Å²) in [7, 11) is 1.77. The minimum absolute atomic E-state index is 0.368. The molecule has 2 heterocycles. The molecule has 0 aromatic rings. The molecule has 3 fully saturated rings. The summed E-state index contributed by atoms with van der Waals surface area (Å²) >= 11 is 0. The van der Waals surface area contributed by atoms with Gasteiger partial charge in [-0.05, 0) is 51.6 Å². The summed E-state index contributed by atoms with van der Waals surface area (Å²) in [5.41, 5.74) is -0.974. The molecule has 3 rings (SSSR count). The predicted molar refractivity (Wildman–Crippen MR) is 91.7 cm³/mol. The Hall–Kier alpha value is -0.230. The van der Waals surface area contributed by atoms with Gasteiger partial charge >= 0.3 is 0 Å². The molecule has 0 bridgehead atoms. The molecule has 0 unspecified atom stereocenters. The standard InChI is InChI=1S/C16H29FN2O2.C2H6/c1-20-14-10-15(11-14)21-13-2-8-19(9-3-13)12-16(17)4-6-18-7-5-16;1-2/h13-15,18H,2-12H2,1H3;1-2H3. The third-order valence-corrected chi connectivity index (χ3v) is 5.31. The van der Waals surface area contributed by atoms with Crippen LogP contribution in [0.2, 0.25) is 0 Å². The molecule has 2 saturated heterocycles. The number of likely N-dealkylation sites (tertiary alicyclic amines) is 1. The van der Waals surface area contributed by atoms with Gasteiger partial charge in [0.05, 0.1) is 18.3 Å². The minimum Gasteiger partial charge on any atom is -0.381 e. The van der Waals surface area contributed by atoms with Gasteiger partial charge in [-0.25, -0.2) is 4.39 Å². The molecule has 0 amide bonds. The van der Waals surface area contributed by atoms with Gasteiger partial charge in [0.25, 0.3) is 0 Å². The molecule has 23 heavy (non-hydrogen) atoms. The average Bonchev–Trinajstić information content (AvgIpc) is 2.54. The van der Waals surface area contributed by atoms with E-state index in [2.05, 4.69) is 10.2 Å². The van der Waals surface area contributed by atoms with Crippen LogP contribution >= 0.6 is 0 Å². The van der Waals surface area contributed by atoms with Crippen LogP contribution in [0.1, 0.15) is 52.4 Å². The Morgan fingerprint density at radius 2 is 1.65 bits per heavy atom. The Kier molecular flexibility index (Phi) is 7.73. The molecule has 1 N–H and O–H groups in total. The van der Waals surface area contributed by atoms with Crippen molar-refractivity contribution in [1.29, 1.82) is 0 Å². The van der Waals surface area contributed by atoms with Gasteiger partial charge in [0, 0.05) is 26.7 Å². The zero-order valence-corrected chi connectivity index (χ0v) is 15.2. The maximum absolute atomic E-state index is 14.7. The molecule has 5 heteroatoms. The van der Waals surface area contributed by atoms with E-state index < -0.39 is 5.67 Å². The number of hydrogen-bond donors (Lipinski definition) is 1. The quantitative estimate of drug-likeness (QED) is 0.840. The van der Waals surface area contributed by atoms with E-state index in [9.17, 15) is 4.39 Å². The lowest BCUT2D eigenvalue weighted by atomic mass is 9.91. The number of alkyl halides is 1. The average molecular weight is 330 g/mol. The van der Waals surface area contributed by atoms with Crippen LogP contribution in [0.4, 0.5) is 4.39 Å². The van der Waals surface area contributed by atoms with Crippen LogP contribution in [-0.2, 0) is 9.47 Å². The van der Waals surface area contributed by atoms with E-state index >= 15 is 0 Å². The Bertz CT molecular complexity index is 323. The highest BCUT2D eigenvalue weighted by atomic mass is 19.1. The van der Waals surface area contributed by atoms with Gasteiger partial charge in [0.2, 0.25) is 0 Å². The van der Waals surface area contributed by atoms with Crippen molar-refractivity contribution in [2.75, 3.05) is 39.8 Å². The second kappa shape index (κ2) is 9.30. The van der Waals surface area contributed by atoms with Gasteiger partial charge in [0.15, 0.2) is 0 Å². The first-order valence-corrected chi connectivity index (χ1v) is 9.47. The number of rotatable bonds is 5. The number of nitrogens with one attached hydrogen (secondary N) is 1. The van der Waals surface area contributed by atoms with Crippen LogP contribution in [-0.4, -0.2) is 68.7 Å². The lowest BCUT2D eigenvalue weighted by molar-refractivity contribution is -0.127. The summed E-state index contributed by atoms with van der Waals surface area (Å²) in [6.45, 7) is 8.20. The first-order valence-electron chi connectivity index (χ1n) is 9.47. The van der Waals surface area contributed by atoms with Crippen molar-refractivity contribution in [3.63, 3.8) is 0 Å². The van der Waals surface area contributed by atoms with Gasteiger partial charge in [0.1, 0.15) is 5.67 Å².